The van der Waals surface area contributed by atoms with Gasteiger partial charge in [-0.3, -0.25) is 24.1 Å². The second kappa shape index (κ2) is 9.76. The van der Waals surface area contributed by atoms with E-state index < -0.39 is 0 Å². The van der Waals surface area contributed by atoms with Crippen molar-refractivity contribution in [3.63, 3.8) is 0 Å². The fraction of sp³-hybridized carbons (Fsp3) is 0.625. The molecule has 1 aromatic rings. The molecule has 2 aliphatic rings. The van der Waals surface area contributed by atoms with Crippen molar-refractivity contribution in [3.8, 4) is 0 Å². The Morgan fingerprint density at radius 2 is 2.08 bits per heavy atom. The zero-order valence-corrected chi connectivity index (χ0v) is 14.9. The Morgan fingerprint density at radius 1 is 1.31 bits per heavy atom. The van der Waals surface area contributed by atoms with Gasteiger partial charge in [-0.15, -0.1) is 0 Å². The summed E-state index contributed by atoms with van der Waals surface area (Å²) in [6, 6.07) is 0. The Balaban J connectivity index is 0.000000758. The number of carbonyl (C=O) groups is 3. The second-order valence-corrected chi connectivity index (χ2v) is 6.17. The van der Waals surface area contributed by atoms with E-state index in [-0.39, 0.29) is 25.0 Å². The van der Waals surface area contributed by atoms with Crippen LogP contribution in [0.4, 0.5) is 4.79 Å². The Morgan fingerprint density at radius 3 is 2.69 bits per heavy atom. The van der Waals surface area contributed by atoms with Crippen molar-refractivity contribution in [2.24, 2.45) is 7.05 Å². The number of carbonyl (C=O) groups excluding carboxylic acids is 2. The molecule has 2 saturated heterocycles. The maximum Gasteiger partial charge on any atom is 0.410 e. The number of ether oxygens (including phenoxy) is 1. The summed E-state index contributed by atoms with van der Waals surface area (Å²) in [5.41, 5.74) is 1.19. The first kappa shape index (κ1) is 19.7. The molecule has 0 radical (unpaired) electrons. The summed E-state index contributed by atoms with van der Waals surface area (Å²) >= 11 is 0. The quantitative estimate of drug-likeness (QED) is 0.722. The van der Waals surface area contributed by atoms with Crippen molar-refractivity contribution in [1.82, 2.24) is 24.5 Å². The number of aryl methyl sites for hydroxylation is 1. The first-order valence-electron chi connectivity index (χ1n) is 8.50. The van der Waals surface area contributed by atoms with Crippen LogP contribution in [0.5, 0.6) is 0 Å². The molecule has 0 spiro atoms. The third kappa shape index (κ3) is 5.73. The fourth-order valence-corrected chi connectivity index (χ4v) is 3.02. The molecule has 1 aromatic heterocycles. The average molecular weight is 367 g/mol. The van der Waals surface area contributed by atoms with E-state index in [0.29, 0.717) is 19.7 Å². The summed E-state index contributed by atoms with van der Waals surface area (Å²) in [6.07, 6.45) is 4.46. The van der Waals surface area contributed by atoms with E-state index in [4.69, 9.17) is 14.6 Å². The van der Waals surface area contributed by atoms with Crippen LogP contribution < -0.4 is 0 Å². The third-order valence-corrected chi connectivity index (χ3v) is 4.28. The number of cyclic esters (lactones) is 1. The standard InChI is InChI=1S/C15H23N5O3.CH2O2/c1-17-10-13(9-16-17)11-18-3-2-4-19(6-5-18)14(21)12-20-7-8-23-15(20)22;2-1-3/h9-10H,2-8,11-12H2,1H3;1H,(H,2,3). The molecule has 2 amide bonds. The average Bonchev–Trinajstić information content (AvgIpc) is 3.10. The van der Waals surface area contributed by atoms with E-state index in [1.165, 1.54) is 10.5 Å². The van der Waals surface area contributed by atoms with Crippen LogP contribution in [0.25, 0.3) is 0 Å². The van der Waals surface area contributed by atoms with Gasteiger partial charge in [-0.05, 0) is 6.42 Å². The highest BCUT2D eigenvalue weighted by molar-refractivity contribution is 5.82. The smallest absolute Gasteiger partial charge is 0.410 e. The van der Waals surface area contributed by atoms with E-state index in [1.807, 2.05) is 24.3 Å². The molecule has 0 atom stereocenters. The summed E-state index contributed by atoms with van der Waals surface area (Å²) < 4.78 is 6.67. The molecular formula is C16H25N5O5. The van der Waals surface area contributed by atoms with Crippen molar-refractivity contribution in [2.45, 2.75) is 13.0 Å². The van der Waals surface area contributed by atoms with Gasteiger partial charge in [-0.1, -0.05) is 0 Å². The van der Waals surface area contributed by atoms with Gasteiger partial charge in [0.15, 0.2) is 0 Å². The molecule has 0 aromatic carbocycles. The monoisotopic (exact) mass is 367 g/mol. The fourth-order valence-electron chi connectivity index (χ4n) is 3.02. The number of amides is 2. The number of nitrogens with zero attached hydrogens (tertiary/aromatic N) is 5. The number of hydrogen-bond acceptors (Lipinski definition) is 6. The normalized spacial score (nSPS) is 18.0. The molecule has 0 aliphatic carbocycles. The van der Waals surface area contributed by atoms with E-state index in [1.54, 1.807) is 4.68 Å². The third-order valence-electron chi connectivity index (χ3n) is 4.28. The van der Waals surface area contributed by atoms with Gasteiger partial charge in [-0.2, -0.15) is 5.10 Å². The van der Waals surface area contributed by atoms with Gasteiger partial charge >= 0.3 is 6.09 Å². The molecule has 0 saturated carbocycles. The highest BCUT2D eigenvalue weighted by atomic mass is 16.6. The lowest BCUT2D eigenvalue weighted by atomic mass is 10.3. The molecule has 10 heteroatoms. The molecule has 10 nitrogen and oxygen atoms in total. The van der Waals surface area contributed by atoms with Crippen LogP contribution in [-0.2, 0) is 27.9 Å². The predicted octanol–water partition coefficient (Wildman–Crippen LogP) is -0.393. The van der Waals surface area contributed by atoms with Gasteiger partial charge in [0.1, 0.15) is 13.2 Å². The highest BCUT2D eigenvalue weighted by Gasteiger charge is 2.27. The molecule has 2 fully saturated rings. The Bertz CT molecular complexity index is 620. The van der Waals surface area contributed by atoms with E-state index >= 15 is 0 Å². The Labute approximate surface area is 151 Å². The Kier molecular flexibility index (Phi) is 7.39. The lowest BCUT2D eigenvalue weighted by molar-refractivity contribution is -0.131. The van der Waals surface area contributed by atoms with Crippen molar-refractivity contribution >= 4 is 18.5 Å². The minimum atomic E-state index is -0.383. The summed E-state index contributed by atoms with van der Waals surface area (Å²) in [5.74, 6) is 0.00655. The van der Waals surface area contributed by atoms with Gasteiger partial charge in [0.05, 0.1) is 12.7 Å². The van der Waals surface area contributed by atoms with Crippen LogP contribution in [0.15, 0.2) is 12.4 Å². The highest BCUT2D eigenvalue weighted by Crippen LogP contribution is 2.10. The van der Waals surface area contributed by atoms with Crippen LogP contribution in [0.1, 0.15) is 12.0 Å². The van der Waals surface area contributed by atoms with Crippen LogP contribution in [0, 0.1) is 0 Å². The maximum atomic E-state index is 12.4. The zero-order valence-electron chi connectivity index (χ0n) is 14.9. The molecule has 0 unspecified atom stereocenters. The topological polar surface area (TPSA) is 108 Å². The first-order valence-corrected chi connectivity index (χ1v) is 8.50. The van der Waals surface area contributed by atoms with Crippen molar-refractivity contribution in [1.29, 1.82) is 0 Å². The van der Waals surface area contributed by atoms with E-state index in [2.05, 4.69) is 10.00 Å². The molecule has 3 rings (SSSR count). The maximum absolute atomic E-state index is 12.4. The zero-order chi connectivity index (χ0) is 18.9. The van der Waals surface area contributed by atoms with Gasteiger partial charge < -0.3 is 14.7 Å². The number of aromatic nitrogens is 2. The summed E-state index contributed by atoms with van der Waals surface area (Å²) in [4.78, 5) is 37.8. The molecule has 2 aliphatic heterocycles. The molecule has 1 N–H and O–H groups in total. The van der Waals surface area contributed by atoms with E-state index in [0.717, 1.165) is 32.6 Å². The summed E-state index contributed by atoms with van der Waals surface area (Å²) in [5, 5.41) is 11.1. The van der Waals surface area contributed by atoms with Gasteiger partial charge in [0.2, 0.25) is 5.91 Å². The van der Waals surface area contributed by atoms with Crippen LogP contribution >= 0.6 is 0 Å². The van der Waals surface area contributed by atoms with Crippen LogP contribution in [0.2, 0.25) is 0 Å². The summed E-state index contributed by atoms with van der Waals surface area (Å²) in [7, 11) is 1.91. The largest absolute Gasteiger partial charge is 0.483 e. The minimum Gasteiger partial charge on any atom is -0.483 e. The minimum absolute atomic E-state index is 0.00655. The number of rotatable bonds is 4. The van der Waals surface area contributed by atoms with Crippen LogP contribution in [-0.4, -0.2) is 93.9 Å². The molecule has 26 heavy (non-hydrogen) atoms. The molecule has 144 valence electrons. The second-order valence-electron chi connectivity index (χ2n) is 6.17. The van der Waals surface area contributed by atoms with Crippen LogP contribution in [0.3, 0.4) is 0 Å². The van der Waals surface area contributed by atoms with Crippen molar-refractivity contribution < 1.29 is 24.2 Å². The van der Waals surface area contributed by atoms with Gasteiger partial charge in [-0.25, -0.2) is 4.79 Å². The van der Waals surface area contributed by atoms with Crippen molar-refractivity contribution in [2.75, 3.05) is 45.9 Å². The molecular weight excluding hydrogens is 342 g/mol. The molecule has 0 bridgehead atoms. The van der Waals surface area contributed by atoms with Gasteiger partial charge in [0, 0.05) is 51.5 Å². The SMILES string of the molecule is Cn1cc(CN2CCCN(C(=O)CN3CCOC3=O)CC2)cn1.O=CO. The Hall–Kier alpha value is -2.62. The van der Waals surface area contributed by atoms with E-state index in [9.17, 15) is 9.59 Å². The summed E-state index contributed by atoms with van der Waals surface area (Å²) in [6.45, 7) is 4.86. The lowest BCUT2D eigenvalue weighted by Crippen LogP contribution is -2.42. The predicted molar refractivity (Wildman–Crippen MR) is 91.3 cm³/mol. The lowest BCUT2D eigenvalue weighted by Gasteiger charge is -2.23. The van der Waals surface area contributed by atoms with Gasteiger partial charge in [0.25, 0.3) is 6.47 Å². The number of hydrogen-bond donors (Lipinski definition) is 1. The number of carboxylic acid groups (broad SMARTS) is 1. The van der Waals surface area contributed by atoms with Crippen molar-refractivity contribution in [3.05, 3.63) is 18.0 Å². The first-order chi connectivity index (χ1) is 12.5. The molecule has 3 heterocycles.